The second-order valence-corrected chi connectivity index (χ2v) is 3.05. The first kappa shape index (κ1) is 6.60. The van der Waals surface area contributed by atoms with E-state index in [0.29, 0.717) is 0 Å². The first-order valence-electron chi connectivity index (χ1n) is 4.16. The zero-order valence-electron chi connectivity index (χ0n) is 6.91. The fourth-order valence-corrected chi connectivity index (χ4v) is 1.57. The van der Waals surface area contributed by atoms with Crippen LogP contribution >= 0.6 is 0 Å². The number of fused-ring (bicyclic) bond motifs is 2. The predicted molar refractivity (Wildman–Crippen MR) is 50.2 cm³/mol. The zero-order chi connectivity index (χ0) is 8.67. The summed E-state index contributed by atoms with van der Waals surface area (Å²) in [7, 11) is 0. The van der Waals surface area contributed by atoms with Gasteiger partial charge in [0.25, 0.3) is 6.33 Å². The number of H-pyrrole nitrogens is 2. The van der Waals surface area contributed by atoms with Crippen LogP contribution in [0.25, 0.3) is 21.8 Å². The lowest BCUT2D eigenvalue weighted by Crippen LogP contribution is -2.00. The average molecular weight is 170 g/mol. The van der Waals surface area contributed by atoms with Crippen LogP contribution in [0.4, 0.5) is 0 Å². The van der Waals surface area contributed by atoms with Gasteiger partial charge in [0.05, 0.1) is 11.6 Å². The zero-order valence-corrected chi connectivity index (χ0v) is 6.91. The van der Waals surface area contributed by atoms with Gasteiger partial charge in [0, 0.05) is 17.1 Å². The van der Waals surface area contributed by atoms with Crippen molar-refractivity contribution in [3.63, 3.8) is 0 Å². The second-order valence-electron chi connectivity index (χ2n) is 3.05. The van der Waals surface area contributed by atoms with E-state index in [0.717, 1.165) is 16.4 Å². The Kier molecular flexibility index (Phi) is 1.16. The van der Waals surface area contributed by atoms with Crippen LogP contribution in [0.5, 0.6) is 0 Å². The van der Waals surface area contributed by atoms with Crippen molar-refractivity contribution in [3.8, 4) is 0 Å². The van der Waals surface area contributed by atoms with Gasteiger partial charge in [0.2, 0.25) is 0 Å². The quantitative estimate of drug-likeness (QED) is 0.546. The molecule has 2 heterocycles. The average Bonchev–Trinajstić information content (AvgIpc) is 2.61. The van der Waals surface area contributed by atoms with Gasteiger partial charge in [-0.3, -0.25) is 0 Å². The molecule has 0 saturated heterocycles. The number of hydrogen-bond donors (Lipinski definition) is 1. The Balaban J connectivity index is 2.57. The molecule has 13 heavy (non-hydrogen) atoms. The van der Waals surface area contributed by atoms with E-state index in [9.17, 15) is 0 Å². The molecule has 3 nitrogen and oxygen atoms in total. The minimum atomic E-state index is 1.02. The molecule has 0 aliphatic heterocycles. The molecule has 2 aromatic heterocycles. The van der Waals surface area contributed by atoms with Crippen LogP contribution in [0.1, 0.15) is 0 Å². The highest BCUT2D eigenvalue weighted by Gasteiger charge is 2.02. The molecule has 0 aliphatic rings. The first-order chi connectivity index (χ1) is 6.43. The summed E-state index contributed by atoms with van der Waals surface area (Å²) in [5.74, 6) is 0. The lowest BCUT2D eigenvalue weighted by molar-refractivity contribution is -0.380. The summed E-state index contributed by atoms with van der Waals surface area (Å²) in [6, 6.07) is 6.22. The fraction of sp³-hybridized carbons (Fsp3) is 0. The summed E-state index contributed by atoms with van der Waals surface area (Å²) >= 11 is 0. The Bertz CT molecular complexity index is 519. The molecule has 0 unspecified atom stereocenters. The van der Waals surface area contributed by atoms with E-state index in [1.165, 1.54) is 5.39 Å². The van der Waals surface area contributed by atoms with Crippen molar-refractivity contribution in [1.29, 1.82) is 0 Å². The third-order valence-corrected chi connectivity index (χ3v) is 2.22. The molecule has 0 radical (unpaired) electrons. The molecule has 0 atom stereocenters. The Hall–Kier alpha value is -1.90. The fourth-order valence-electron chi connectivity index (χ4n) is 1.57. The number of aromatic nitrogens is 3. The SMILES string of the molecule is c1cc2cc3nc[nH+]cc3cc2[nH]1. The molecule has 62 valence electrons. The predicted octanol–water partition coefficient (Wildman–Crippen LogP) is 1.53. The number of nitrogens with one attached hydrogen (secondary N) is 2. The van der Waals surface area contributed by atoms with Crippen LogP contribution in [0, 0.1) is 0 Å². The summed E-state index contributed by atoms with van der Waals surface area (Å²) in [5, 5.41) is 2.32. The number of nitrogens with zero attached hydrogens (tertiary/aromatic N) is 1. The van der Waals surface area contributed by atoms with Crippen LogP contribution in [-0.4, -0.2) is 9.97 Å². The summed E-state index contributed by atoms with van der Waals surface area (Å²) in [6.07, 6.45) is 5.58. The highest BCUT2D eigenvalue weighted by atomic mass is 14.8. The normalized spacial score (nSPS) is 11.1. The third kappa shape index (κ3) is 0.902. The maximum atomic E-state index is 4.24. The van der Waals surface area contributed by atoms with E-state index in [1.54, 1.807) is 6.33 Å². The summed E-state index contributed by atoms with van der Waals surface area (Å²) < 4.78 is 0. The minimum Gasteiger partial charge on any atom is -0.361 e. The van der Waals surface area contributed by atoms with E-state index >= 15 is 0 Å². The van der Waals surface area contributed by atoms with E-state index < -0.39 is 0 Å². The minimum absolute atomic E-state index is 1.02. The van der Waals surface area contributed by atoms with Gasteiger partial charge in [0.1, 0.15) is 0 Å². The van der Waals surface area contributed by atoms with Gasteiger partial charge in [-0.2, -0.15) is 0 Å². The molecule has 3 rings (SSSR count). The first-order valence-corrected chi connectivity index (χ1v) is 4.16. The topological polar surface area (TPSA) is 42.8 Å². The van der Waals surface area contributed by atoms with Gasteiger partial charge in [0.15, 0.2) is 5.52 Å². The Morgan fingerprint density at radius 2 is 2.23 bits per heavy atom. The number of hydrogen-bond acceptors (Lipinski definition) is 1. The van der Waals surface area contributed by atoms with Gasteiger partial charge in [-0.15, -0.1) is 0 Å². The van der Waals surface area contributed by atoms with Crippen LogP contribution in [0.15, 0.2) is 36.9 Å². The van der Waals surface area contributed by atoms with Crippen LogP contribution < -0.4 is 4.98 Å². The molecule has 2 N–H and O–H groups in total. The molecule has 0 amide bonds. The molecule has 0 saturated carbocycles. The van der Waals surface area contributed by atoms with Gasteiger partial charge >= 0.3 is 0 Å². The number of benzene rings is 1. The van der Waals surface area contributed by atoms with E-state index in [4.69, 9.17) is 0 Å². The van der Waals surface area contributed by atoms with Crippen molar-refractivity contribution in [1.82, 2.24) is 9.97 Å². The summed E-state index contributed by atoms with van der Waals surface area (Å²) in [4.78, 5) is 10.4. The lowest BCUT2D eigenvalue weighted by atomic mass is 10.2. The maximum absolute atomic E-state index is 4.24. The van der Waals surface area contributed by atoms with E-state index in [-0.39, 0.29) is 0 Å². The molecule has 0 fully saturated rings. The highest BCUT2D eigenvalue weighted by molar-refractivity contribution is 5.94. The van der Waals surface area contributed by atoms with Crippen molar-refractivity contribution in [2.24, 2.45) is 0 Å². The van der Waals surface area contributed by atoms with Gasteiger partial charge in [-0.05, 0) is 23.2 Å². The Labute approximate surface area is 74.4 Å². The molecule has 1 aromatic carbocycles. The molecular weight excluding hydrogens is 162 g/mol. The summed E-state index contributed by atoms with van der Waals surface area (Å²) in [5.41, 5.74) is 2.17. The van der Waals surface area contributed by atoms with Crippen LogP contribution in [0.2, 0.25) is 0 Å². The Morgan fingerprint density at radius 3 is 3.23 bits per heavy atom. The molecule has 0 spiro atoms. The van der Waals surface area contributed by atoms with Gasteiger partial charge < -0.3 is 4.98 Å². The molecule has 3 heteroatoms. The van der Waals surface area contributed by atoms with Crippen molar-refractivity contribution < 1.29 is 4.98 Å². The van der Waals surface area contributed by atoms with Gasteiger partial charge in [-0.25, -0.2) is 4.98 Å². The number of rotatable bonds is 0. The van der Waals surface area contributed by atoms with Crippen LogP contribution in [-0.2, 0) is 0 Å². The third-order valence-electron chi connectivity index (χ3n) is 2.22. The standard InChI is InChI=1S/C10H7N3/c1-2-12-9-4-8-5-11-6-13-10(8)3-7(1)9/h1-6,12H/p+1. The maximum Gasteiger partial charge on any atom is 0.284 e. The highest BCUT2D eigenvalue weighted by Crippen LogP contribution is 2.18. The van der Waals surface area contributed by atoms with Crippen molar-refractivity contribution in [3.05, 3.63) is 36.9 Å². The monoisotopic (exact) mass is 170 g/mol. The number of aromatic amines is 2. The van der Waals surface area contributed by atoms with E-state index in [1.807, 2.05) is 18.5 Å². The lowest BCUT2D eigenvalue weighted by Gasteiger charge is -1.90. The van der Waals surface area contributed by atoms with Crippen LogP contribution in [0.3, 0.4) is 0 Å². The smallest absolute Gasteiger partial charge is 0.284 e. The van der Waals surface area contributed by atoms with Crippen molar-refractivity contribution in [2.45, 2.75) is 0 Å². The molecular formula is C10H8N3+. The van der Waals surface area contributed by atoms with Gasteiger partial charge in [-0.1, -0.05) is 0 Å². The summed E-state index contributed by atoms with van der Waals surface area (Å²) in [6.45, 7) is 0. The Morgan fingerprint density at radius 1 is 1.23 bits per heavy atom. The van der Waals surface area contributed by atoms with Crippen molar-refractivity contribution in [2.75, 3.05) is 0 Å². The van der Waals surface area contributed by atoms with Crippen molar-refractivity contribution >= 4 is 21.8 Å². The molecule has 3 aromatic rings. The molecule has 0 aliphatic carbocycles. The largest absolute Gasteiger partial charge is 0.361 e. The second kappa shape index (κ2) is 2.29. The van der Waals surface area contributed by atoms with E-state index in [2.05, 4.69) is 27.1 Å². The molecule has 0 bridgehead atoms.